The highest BCUT2D eigenvalue weighted by Crippen LogP contribution is 2.54. The fourth-order valence-electron chi connectivity index (χ4n) is 5.21. The van der Waals surface area contributed by atoms with Crippen molar-refractivity contribution in [2.45, 2.75) is 24.5 Å². The number of fused-ring (bicyclic) bond motifs is 1. The van der Waals surface area contributed by atoms with E-state index in [-0.39, 0.29) is 36.1 Å². The summed E-state index contributed by atoms with van der Waals surface area (Å²) in [6, 6.07) is 18.0. The Hall–Kier alpha value is -2.17. The molecule has 2 bridgehead atoms. The van der Waals surface area contributed by atoms with E-state index in [0.29, 0.717) is 13.1 Å². The van der Waals surface area contributed by atoms with E-state index >= 15 is 0 Å². The van der Waals surface area contributed by atoms with Crippen LogP contribution >= 0.6 is 0 Å². The van der Waals surface area contributed by atoms with Crippen molar-refractivity contribution in [3.05, 3.63) is 60.2 Å². The van der Waals surface area contributed by atoms with Gasteiger partial charge in [0.2, 0.25) is 0 Å². The van der Waals surface area contributed by atoms with Gasteiger partial charge >= 0.3 is 0 Å². The van der Waals surface area contributed by atoms with Gasteiger partial charge in [0, 0.05) is 30.6 Å². The van der Waals surface area contributed by atoms with Crippen LogP contribution in [0.3, 0.4) is 0 Å². The molecular formula is C22H23NO3. The van der Waals surface area contributed by atoms with E-state index in [1.54, 1.807) is 0 Å². The summed E-state index contributed by atoms with van der Waals surface area (Å²) >= 11 is 0. The van der Waals surface area contributed by atoms with Gasteiger partial charge in [0.05, 0.1) is 18.2 Å². The van der Waals surface area contributed by atoms with Gasteiger partial charge in [-0.15, -0.1) is 0 Å². The molecule has 4 nitrogen and oxygen atoms in total. The molecule has 3 aliphatic rings. The number of likely N-dealkylation sites (tertiary alicyclic amines) is 1. The number of benzene rings is 2. The second kappa shape index (κ2) is 5.93. The molecule has 0 unspecified atom stereocenters. The molecule has 4 heteroatoms. The van der Waals surface area contributed by atoms with Crippen molar-refractivity contribution in [2.24, 2.45) is 11.8 Å². The topological polar surface area (TPSA) is 49.8 Å². The molecule has 5 rings (SSSR count). The largest absolute Gasteiger partial charge is 0.396 e. The van der Waals surface area contributed by atoms with Crippen LogP contribution in [0.5, 0.6) is 0 Å². The third-order valence-corrected chi connectivity index (χ3v) is 6.52. The van der Waals surface area contributed by atoms with Gasteiger partial charge in [-0.1, -0.05) is 42.5 Å². The van der Waals surface area contributed by atoms with Crippen molar-refractivity contribution in [2.75, 3.05) is 19.7 Å². The monoisotopic (exact) mass is 349 g/mol. The van der Waals surface area contributed by atoms with E-state index in [4.69, 9.17) is 4.74 Å². The maximum atomic E-state index is 13.0. The van der Waals surface area contributed by atoms with Crippen LogP contribution in [-0.4, -0.2) is 47.3 Å². The normalized spacial score (nSPS) is 32.0. The molecule has 1 amide bonds. The smallest absolute Gasteiger partial charge is 0.253 e. The van der Waals surface area contributed by atoms with E-state index in [9.17, 15) is 9.90 Å². The minimum Gasteiger partial charge on any atom is -0.396 e. The van der Waals surface area contributed by atoms with Gasteiger partial charge in [-0.2, -0.15) is 0 Å². The Morgan fingerprint density at radius 1 is 1.12 bits per heavy atom. The number of carbonyl (C=O) groups is 1. The summed E-state index contributed by atoms with van der Waals surface area (Å²) in [5.41, 5.74) is 2.77. The van der Waals surface area contributed by atoms with E-state index in [2.05, 4.69) is 12.1 Å². The van der Waals surface area contributed by atoms with Gasteiger partial charge in [0.25, 0.3) is 5.91 Å². The first-order valence-electron chi connectivity index (χ1n) is 9.44. The Balaban J connectivity index is 1.35. The molecule has 3 aliphatic heterocycles. The molecule has 26 heavy (non-hydrogen) atoms. The van der Waals surface area contributed by atoms with Crippen LogP contribution in [0.1, 0.15) is 23.2 Å². The zero-order valence-electron chi connectivity index (χ0n) is 14.7. The summed E-state index contributed by atoms with van der Waals surface area (Å²) in [4.78, 5) is 14.9. The van der Waals surface area contributed by atoms with Gasteiger partial charge in [-0.25, -0.2) is 0 Å². The van der Waals surface area contributed by atoms with Gasteiger partial charge in [-0.05, 0) is 36.1 Å². The second-order valence-corrected chi connectivity index (χ2v) is 7.84. The van der Waals surface area contributed by atoms with E-state index in [0.717, 1.165) is 29.5 Å². The van der Waals surface area contributed by atoms with Crippen molar-refractivity contribution >= 4 is 5.91 Å². The number of amides is 1. The van der Waals surface area contributed by atoms with Crippen LogP contribution in [0.4, 0.5) is 0 Å². The van der Waals surface area contributed by atoms with Crippen molar-refractivity contribution in [3.8, 4) is 11.1 Å². The Morgan fingerprint density at radius 2 is 1.85 bits per heavy atom. The summed E-state index contributed by atoms with van der Waals surface area (Å²) in [6.07, 6.45) is 2.21. The highest BCUT2D eigenvalue weighted by atomic mass is 16.5. The molecule has 0 aliphatic carbocycles. The number of aliphatic hydroxyl groups is 1. The van der Waals surface area contributed by atoms with Crippen molar-refractivity contribution in [1.29, 1.82) is 0 Å². The molecule has 1 N–H and O–H groups in total. The molecule has 3 fully saturated rings. The summed E-state index contributed by atoms with van der Waals surface area (Å²) < 4.78 is 6.23. The summed E-state index contributed by atoms with van der Waals surface area (Å²) in [7, 11) is 0. The second-order valence-electron chi connectivity index (χ2n) is 7.84. The van der Waals surface area contributed by atoms with Crippen LogP contribution in [0.25, 0.3) is 11.1 Å². The average Bonchev–Trinajstić information content (AvgIpc) is 3.36. The fourth-order valence-corrected chi connectivity index (χ4v) is 5.21. The van der Waals surface area contributed by atoms with Crippen molar-refractivity contribution in [1.82, 2.24) is 4.90 Å². The molecule has 2 aromatic rings. The van der Waals surface area contributed by atoms with Gasteiger partial charge in [0.1, 0.15) is 0 Å². The first kappa shape index (κ1) is 16.0. The predicted octanol–water partition coefficient (Wildman–Crippen LogP) is 2.97. The molecule has 0 radical (unpaired) electrons. The number of hydrogen-bond acceptors (Lipinski definition) is 3. The molecule has 134 valence electrons. The first-order valence-corrected chi connectivity index (χ1v) is 9.44. The lowest BCUT2D eigenvalue weighted by Crippen LogP contribution is -2.38. The highest BCUT2D eigenvalue weighted by molar-refractivity contribution is 5.95. The fraction of sp³-hybridized carbons (Fsp3) is 0.409. The number of ether oxygens (including phenoxy) is 1. The Morgan fingerprint density at radius 3 is 2.58 bits per heavy atom. The lowest BCUT2D eigenvalue weighted by molar-refractivity contribution is 0.00154. The maximum absolute atomic E-state index is 13.0. The van der Waals surface area contributed by atoms with E-state index < -0.39 is 0 Å². The van der Waals surface area contributed by atoms with Gasteiger partial charge < -0.3 is 14.7 Å². The maximum Gasteiger partial charge on any atom is 0.253 e. The van der Waals surface area contributed by atoms with Gasteiger partial charge in [-0.3, -0.25) is 4.79 Å². The van der Waals surface area contributed by atoms with Crippen LogP contribution in [-0.2, 0) is 4.74 Å². The summed E-state index contributed by atoms with van der Waals surface area (Å²) in [6.45, 7) is 1.51. The quantitative estimate of drug-likeness (QED) is 0.927. The van der Waals surface area contributed by atoms with Crippen LogP contribution in [0.2, 0.25) is 0 Å². The SMILES string of the molecule is O=C(c1ccc(-c2ccccc2)cc1)N1C[C@@H]2[C@H](CO)[C@H]3CC[C@]2(C1)O3. The van der Waals surface area contributed by atoms with E-state index in [1.165, 1.54) is 0 Å². The molecule has 2 aromatic carbocycles. The molecule has 4 atom stereocenters. The lowest BCUT2D eigenvalue weighted by atomic mass is 9.74. The minimum atomic E-state index is -0.211. The van der Waals surface area contributed by atoms with Gasteiger partial charge in [0.15, 0.2) is 0 Å². The average molecular weight is 349 g/mol. The Kier molecular flexibility index (Phi) is 3.66. The standard InChI is InChI=1S/C22H23NO3/c24-13-18-19-12-23(14-22(19)11-10-20(18)26-22)21(25)17-8-6-16(7-9-17)15-4-2-1-3-5-15/h1-9,18-20,24H,10-14H2/t18-,19+,20+,22+/m0/s1. The summed E-state index contributed by atoms with van der Waals surface area (Å²) in [5, 5.41) is 9.73. The molecular weight excluding hydrogens is 326 g/mol. The molecule has 0 saturated carbocycles. The van der Waals surface area contributed by atoms with Crippen molar-refractivity contribution < 1.29 is 14.6 Å². The molecule has 1 spiro atoms. The molecule has 0 aromatic heterocycles. The van der Waals surface area contributed by atoms with E-state index in [1.807, 2.05) is 47.4 Å². The number of rotatable bonds is 3. The Labute approximate surface area is 153 Å². The van der Waals surface area contributed by atoms with Crippen molar-refractivity contribution in [3.63, 3.8) is 0 Å². The third-order valence-electron chi connectivity index (χ3n) is 6.52. The predicted molar refractivity (Wildman–Crippen MR) is 98.7 cm³/mol. The Bertz CT molecular complexity index is 819. The first-order chi connectivity index (χ1) is 12.7. The highest BCUT2D eigenvalue weighted by Gasteiger charge is 2.63. The van der Waals surface area contributed by atoms with Crippen LogP contribution in [0.15, 0.2) is 54.6 Å². The molecule has 3 heterocycles. The number of aliphatic hydroxyl groups excluding tert-OH is 1. The van der Waals surface area contributed by atoms with Crippen LogP contribution < -0.4 is 0 Å². The van der Waals surface area contributed by atoms with Crippen LogP contribution in [0, 0.1) is 11.8 Å². The zero-order chi connectivity index (χ0) is 17.7. The zero-order valence-corrected chi connectivity index (χ0v) is 14.7. The lowest BCUT2D eigenvalue weighted by Gasteiger charge is -2.27. The number of hydrogen-bond donors (Lipinski definition) is 1. The number of carbonyl (C=O) groups excluding carboxylic acids is 1. The molecule has 3 saturated heterocycles. The summed E-state index contributed by atoms with van der Waals surface area (Å²) in [5.74, 6) is 0.526. The minimum absolute atomic E-state index is 0.0668. The number of nitrogens with zero attached hydrogens (tertiary/aromatic N) is 1. The third kappa shape index (κ3) is 2.32.